The zero-order valence-corrected chi connectivity index (χ0v) is 13.8. The molecular formula is C20H18FNO3. The molecule has 0 spiro atoms. The quantitative estimate of drug-likeness (QED) is 0.673. The van der Waals surface area contributed by atoms with Crippen LogP contribution in [0.5, 0.6) is 5.75 Å². The van der Waals surface area contributed by atoms with Gasteiger partial charge in [0.1, 0.15) is 17.3 Å². The van der Waals surface area contributed by atoms with Crippen molar-refractivity contribution in [2.45, 2.75) is 13.1 Å². The van der Waals surface area contributed by atoms with E-state index in [0.29, 0.717) is 29.2 Å². The van der Waals surface area contributed by atoms with E-state index in [1.807, 2.05) is 0 Å². The minimum absolute atomic E-state index is 0.164. The number of amides is 1. The number of carbonyl (C=O) groups excluding carboxylic acids is 1. The molecule has 1 heterocycles. The molecule has 0 unspecified atom stereocenters. The SMILES string of the molecule is COc1ccc(C(=O)N(Cc2cccc(F)c2)Cc2ccco2)cc1. The van der Waals surface area contributed by atoms with Crippen molar-refractivity contribution >= 4 is 5.91 Å². The monoisotopic (exact) mass is 339 g/mol. The molecule has 0 atom stereocenters. The van der Waals surface area contributed by atoms with Crippen LogP contribution in [0.1, 0.15) is 21.7 Å². The number of halogens is 1. The Morgan fingerprint density at radius 1 is 1.08 bits per heavy atom. The molecule has 0 saturated carbocycles. The molecule has 0 aliphatic rings. The van der Waals surface area contributed by atoms with E-state index in [0.717, 1.165) is 0 Å². The highest BCUT2D eigenvalue weighted by atomic mass is 19.1. The highest BCUT2D eigenvalue weighted by Crippen LogP contribution is 2.17. The van der Waals surface area contributed by atoms with Gasteiger partial charge in [-0.15, -0.1) is 0 Å². The molecule has 0 N–H and O–H groups in total. The molecule has 0 aliphatic heterocycles. The van der Waals surface area contributed by atoms with Crippen molar-refractivity contribution in [1.29, 1.82) is 0 Å². The Morgan fingerprint density at radius 2 is 1.88 bits per heavy atom. The summed E-state index contributed by atoms with van der Waals surface area (Å²) < 4.78 is 23.9. The predicted molar refractivity (Wildman–Crippen MR) is 91.7 cm³/mol. The molecule has 0 bridgehead atoms. The largest absolute Gasteiger partial charge is 0.497 e. The number of hydrogen-bond donors (Lipinski definition) is 0. The number of rotatable bonds is 6. The summed E-state index contributed by atoms with van der Waals surface area (Å²) in [7, 11) is 1.57. The summed E-state index contributed by atoms with van der Waals surface area (Å²) in [4.78, 5) is 14.5. The number of furan rings is 1. The fourth-order valence-electron chi connectivity index (χ4n) is 2.56. The van der Waals surface area contributed by atoms with E-state index in [4.69, 9.17) is 9.15 Å². The van der Waals surface area contributed by atoms with Crippen LogP contribution in [0, 0.1) is 5.82 Å². The molecule has 0 aliphatic carbocycles. The third kappa shape index (κ3) is 4.26. The van der Waals surface area contributed by atoms with Crippen molar-refractivity contribution in [3.05, 3.63) is 89.6 Å². The first-order valence-electron chi connectivity index (χ1n) is 7.86. The smallest absolute Gasteiger partial charge is 0.254 e. The van der Waals surface area contributed by atoms with Gasteiger partial charge in [0.15, 0.2) is 0 Å². The lowest BCUT2D eigenvalue weighted by Gasteiger charge is -2.22. The molecule has 25 heavy (non-hydrogen) atoms. The van der Waals surface area contributed by atoms with E-state index in [2.05, 4.69) is 0 Å². The fourth-order valence-corrected chi connectivity index (χ4v) is 2.56. The first kappa shape index (κ1) is 16.8. The number of benzene rings is 2. The highest BCUT2D eigenvalue weighted by Gasteiger charge is 2.18. The second-order valence-corrected chi connectivity index (χ2v) is 5.60. The Labute approximate surface area is 145 Å². The van der Waals surface area contributed by atoms with Crippen LogP contribution in [0.2, 0.25) is 0 Å². The van der Waals surface area contributed by atoms with Crippen LogP contribution in [-0.2, 0) is 13.1 Å². The van der Waals surface area contributed by atoms with Crippen molar-refractivity contribution in [3.63, 3.8) is 0 Å². The van der Waals surface area contributed by atoms with Gasteiger partial charge in [-0.2, -0.15) is 0 Å². The second kappa shape index (κ2) is 7.66. The van der Waals surface area contributed by atoms with E-state index < -0.39 is 0 Å². The summed E-state index contributed by atoms with van der Waals surface area (Å²) in [6.07, 6.45) is 1.56. The van der Waals surface area contributed by atoms with Gasteiger partial charge in [-0.05, 0) is 54.1 Å². The average Bonchev–Trinajstić information content (AvgIpc) is 3.14. The summed E-state index contributed by atoms with van der Waals surface area (Å²) in [6.45, 7) is 0.581. The molecule has 4 nitrogen and oxygen atoms in total. The Hall–Kier alpha value is -3.08. The van der Waals surface area contributed by atoms with Gasteiger partial charge in [-0.3, -0.25) is 4.79 Å². The summed E-state index contributed by atoms with van der Waals surface area (Å²) >= 11 is 0. The van der Waals surface area contributed by atoms with Crippen LogP contribution < -0.4 is 4.74 Å². The standard InChI is InChI=1S/C20H18FNO3/c1-24-18-9-7-16(8-10-18)20(23)22(14-19-6-3-11-25-19)13-15-4-2-5-17(21)12-15/h2-12H,13-14H2,1H3. The average molecular weight is 339 g/mol. The fraction of sp³-hybridized carbons (Fsp3) is 0.150. The molecule has 3 rings (SSSR count). The number of ether oxygens (including phenoxy) is 1. The van der Waals surface area contributed by atoms with Crippen molar-refractivity contribution in [1.82, 2.24) is 4.90 Å². The zero-order valence-electron chi connectivity index (χ0n) is 13.8. The van der Waals surface area contributed by atoms with Crippen LogP contribution in [0.25, 0.3) is 0 Å². The normalized spacial score (nSPS) is 10.5. The lowest BCUT2D eigenvalue weighted by Crippen LogP contribution is -2.30. The van der Waals surface area contributed by atoms with E-state index in [1.165, 1.54) is 12.1 Å². The maximum absolute atomic E-state index is 13.5. The summed E-state index contributed by atoms with van der Waals surface area (Å²) in [5.74, 6) is 0.855. The number of methoxy groups -OCH3 is 1. The van der Waals surface area contributed by atoms with Gasteiger partial charge < -0.3 is 14.1 Å². The van der Waals surface area contributed by atoms with Crippen LogP contribution in [-0.4, -0.2) is 17.9 Å². The second-order valence-electron chi connectivity index (χ2n) is 5.60. The Balaban J connectivity index is 1.84. The Morgan fingerprint density at radius 3 is 2.52 bits per heavy atom. The topological polar surface area (TPSA) is 42.7 Å². The minimum Gasteiger partial charge on any atom is -0.497 e. The molecule has 1 amide bonds. The first-order valence-corrected chi connectivity index (χ1v) is 7.86. The minimum atomic E-state index is -0.327. The van der Waals surface area contributed by atoms with Gasteiger partial charge in [0, 0.05) is 12.1 Å². The first-order chi connectivity index (χ1) is 12.2. The third-order valence-corrected chi connectivity index (χ3v) is 3.81. The summed E-state index contributed by atoms with van der Waals surface area (Å²) in [5, 5.41) is 0. The highest BCUT2D eigenvalue weighted by molar-refractivity contribution is 5.94. The van der Waals surface area contributed by atoms with E-state index in [-0.39, 0.29) is 18.3 Å². The molecule has 0 radical (unpaired) electrons. The van der Waals surface area contributed by atoms with Crippen LogP contribution >= 0.6 is 0 Å². The van der Waals surface area contributed by atoms with Gasteiger partial charge >= 0.3 is 0 Å². The molecule has 1 aromatic heterocycles. The van der Waals surface area contributed by atoms with Crippen molar-refractivity contribution < 1.29 is 18.3 Å². The van der Waals surface area contributed by atoms with Crippen LogP contribution in [0.3, 0.4) is 0 Å². The lowest BCUT2D eigenvalue weighted by molar-refractivity contribution is 0.0717. The zero-order chi connectivity index (χ0) is 17.6. The maximum Gasteiger partial charge on any atom is 0.254 e. The number of nitrogens with zero attached hydrogens (tertiary/aromatic N) is 1. The van der Waals surface area contributed by atoms with Gasteiger partial charge in [-0.25, -0.2) is 4.39 Å². The van der Waals surface area contributed by atoms with Crippen LogP contribution in [0.4, 0.5) is 4.39 Å². The Kier molecular flexibility index (Phi) is 5.14. The van der Waals surface area contributed by atoms with Crippen LogP contribution in [0.15, 0.2) is 71.3 Å². The van der Waals surface area contributed by atoms with E-state index >= 15 is 0 Å². The van der Waals surface area contributed by atoms with Gasteiger partial charge in [0.2, 0.25) is 0 Å². The van der Waals surface area contributed by atoms with Crippen molar-refractivity contribution in [3.8, 4) is 5.75 Å². The number of hydrogen-bond acceptors (Lipinski definition) is 3. The Bertz CT molecular complexity index is 828. The molecule has 5 heteroatoms. The van der Waals surface area contributed by atoms with E-state index in [1.54, 1.807) is 66.8 Å². The predicted octanol–water partition coefficient (Wildman–Crippen LogP) is 4.27. The molecular weight excluding hydrogens is 321 g/mol. The molecule has 128 valence electrons. The lowest BCUT2D eigenvalue weighted by atomic mass is 10.1. The van der Waals surface area contributed by atoms with Crippen molar-refractivity contribution in [2.75, 3.05) is 7.11 Å². The molecule has 0 saturated heterocycles. The maximum atomic E-state index is 13.5. The van der Waals surface area contributed by atoms with Gasteiger partial charge in [0.05, 0.1) is 19.9 Å². The molecule has 0 fully saturated rings. The van der Waals surface area contributed by atoms with Crippen molar-refractivity contribution in [2.24, 2.45) is 0 Å². The van der Waals surface area contributed by atoms with Gasteiger partial charge in [-0.1, -0.05) is 12.1 Å². The van der Waals surface area contributed by atoms with E-state index in [9.17, 15) is 9.18 Å². The molecule has 3 aromatic rings. The summed E-state index contributed by atoms with van der Waals surface area (Å²) in [5.41, 5.74) is 1.25. The van der Waals surface area contributed by atoms with Gasteiger partial charge in [0.25, 0.3) is 5.91 Å². The summed E-state index contributed by atoms with van der Waals surface area (Å²) in [6, 6.07) is 16.7. The molecule has 2 aromatic carbocycles. The third-order valence-electron chi connectivity index (χ3n) is 3.81. The number of carbonyl (C=O) groups is 1.